The van der Waals surface area contributed by atoms with Crippen LogP contribution in [-0.4, -0.2) is 35.7 Å². The molecule has 0 N–H and O–H groups in total. The predicted octanol–water partition coefficient (Wildman–Crippen LogP) is 1.73. The largest absolute Gasteiger partial charge is 0.465 e. The molecule has 5 heteroatoms. The van der Waals surface area contributed by atoms with Crippen molar-refractivity contribution in [3.63, 3.8) is 0 Å². The van der Waals surface area contributed by atoms with Crippen molar-refractivity contribution >= 4 is 17.7 Å². The molecule has 0 spiro atoms. The van der Waals surface area contributed by atoms with Gasteiger partial charge in [0, 0.05) is 13.0 Å². The third-order valence-corrected chi connectivity index (χ3v) is 3.72. The van der Waals surface area contributed by atoms with Crippen LogP contribution in [-0.2, 0) is 19.1 Å². The number of hydrogen-bond acceptors (Lipinski definition) is 4. The molecule has 112 valence electrons. The first kappa shape index (κ1) is 15.2. The number of rotatable bonds is 4. The number of carbonyl (C=O) groups is 3. The number of hydrogen-bond donors (Lipinski definition) is 0. The number of ketones is 1. The zero-order chi connectivity index (χ0) is 15.4. The lowest BCUT2D eigenvalue weighted by atomic mass is 9.93. The Bertz CT molecular complexity index is 540. The van der Waals surface area contributed by atoms with E-state index < -0.39 is 17.8 Å². The number of esters is 1. The summed E-state index contributed by atoms with van der Waals surface area (Å²) in [6.45, 7) is 4.04. The Balaban J connectivity index is 2.20. The van der Waals surface area contributed by atoms with Gasteiger partial charge in [0.05, 0.1) is 12.6 Å². The molecule has 0 bridgehead atoms. The van der Waals surface area contributed by atoms with Crippen LogP contribution in [0.2, 0.25) is 0 Å². The SMILES string of the molecule is CCOC(=O)C1C(=O)CCN([C@@H](C)c2ccccc2)C1=O. The summed E-state index contributed by atoms with van der Waals surface area (Å²) < 4.78 is 4.85. The van der Waals surface area contributed by atoms with Gasteiger partial charge in [0.15, 0.2) is 11.7 Å². The Morgan fingerprint density at radius 1 is 1.33 bits per heavy atom. The fourth-order valence-corrected chi connectivity index (χ4v) is 2.54. The summed E-state index contributed by atoms with van der Waals surface area (Å²) in [5, 5.41) is 0. The van der Waals surface area contributed by atoms with Crippen LogP contribution in [0.1, 0.15) is 31.9 Å². The molecule has 1 saturated heterocycles. The first-order chi connectivity index (χ1) is 10.1. The minimum absolute atomic E-state index is 0.157. The average Bonchev–Trinajstić information content (AvgIpc) is 2.48. The first-order valence-electron chi connectivity index (χ1n) is 7.11. The molecule has 1 fully saturated rings. The van der Waals surface area contributed by atoms with Gasteiger partial charge in [-0.25, -0.2) is 0 Å². The summed E-state index contributed by atoms with van der Waals surface area (Å²) >= 11 is 0. The number of carbonyl (C=O) groups excluding carboxylic acids is 3. The highest BCUT2D eigenvalue weighted by molar-refractivity contribution is 6.17. The molecule has 1 aliphatic rings. The Labute approximate surface area is 123 Å². The van der Waals surface area contributed by atoms with Crippen molar-refractivity contribution in [3.8, 4) is 0 Å². The van der Waals surface area contributed by atoms with Gasteiger partial charge in [0.25, 0.3) is 0 Å². The second-order valence-corrected chi connectivity index (χ2v) is 5.02. The summed E-state index contributed by atoms with van der Waals surface area (Å²) in [6.07, 6.45) is 0.187. The van der Waals surface area contributed by atoms with Crippen LogP contribution in [0.3, 0.4) is 0 Å². The molecule has 2 rings (SSSR count). The Morgan fingerprint density at radius 3 is 2.62 bits per heavy atom. The quantitative estimate of drug-likeness (QED) is 0.625. The molecule has 1 amide bonds. The van der Waals surface area contributed by atoms with Crippen LogP contribution in [0, 0.1) is 5.92 Å². The fourth-order valence-electron chi connectivity index (χ4n) is 2.54. The molecule has 5 nitrogen and oxygen atoms in total. The minimum Gasteiger partial charge on any atom is -0.465 e. The zero-order valence-electron chi connectivity index (χ0n) is 12.2. The topological polar surface area (TPSA) is 63.7 Å². The number of benzene rings is 1. The van der Waals surface area contributed by atoms with E-state index in [1.165, 1.54) is 0 Å². The number of nitrogens with zero attached hydrogens (tertiary/aromatic N) is 1. The summed E-state index contributed by atoms with van der Waals surface area (Å²) in [5.41, 5.74) is 0.975. The molecule has 0 radical (unpaired) electrons. The standard InChI is InChI=1S/C16H19NO4/c1-3-21-16(20)14-13(18)9-10-17(15(14)19)11(2)12-7-5-4-6-8-12/h4-8,11,14H,3,9-10H2,1-2H3/t11-,14?/m0/s1. The lowest BCUT2D eigenvalue weighted by Gasteiger charge is -2.35. The highest BCUT2D eigenvalue weighted by Crippen LogP contribution is 2.26. The number of likely N-dealkylation sites (tertiary alicyclic amines) is 1. The van der Waals surface area contributed by atoms with Gasteiger partial charge in [-0.1, -0.05) is 30.3 Å². The van der Waals surface area contributed by atoms with E-state index in [2.05, 4.69) is 0 Å². The molecule has 1 aliphatic heterocycles. The summed E-state index contributed by atoms with van der Waals surface area (Å²) in [5.74, 6) is -2.85. The molecule has 1 heterocycles. The summed E-state index contributed by atoms with van der Waals surface area (Å²) in [4.78, 5) is 37.8. The van der Waals surface area contributed by atoms with Crippen molar-refractivity contribution in [2.24, 2.45) is 5.92 Å². The molecule has 1 unspecified atom stereocenters. The van der Waals surface area contributed by atoms with Crippen molar-refractivity contribution in [2.75, 3.05) is 13.2 Å². The van der Waals surface area contributed by atoms with E-state index >= 15 is 0 Å². The zero-order valence-corrected chi connectivity index (χ0v) is 12.2. The monoisotopic (exact) mass is 289 g/mol. The van der Waals surface area contributed by atoms with E-state index in [9.17, 15) is 14.4 Å². The molecule has 21 heavy (non-hydrogen) atoms. The van der Waals surface area contributed by atoms with Gasteiger partial charge < -0.3 is 9.64 Å². The lowest BCUT2D eigenvalue weighted by Crippen LogP contribution is -2.50. The van der Waals surface area contributed by atoms with Crippen molar-refractivity contribution in [1.82, 2.24) is 4.90 Å². The van der Waals surface area contributed by atoms with Crippen molar-refractivity contribution in [3.05, 3.63) is 35.9 Å². The second kappa shape index (κ2) is 6.52. The maximum Gasteiger partial charge on any atom is 0.326 e. The van der Waals surface area contributed by atoms with Crippen LogP contribution in [0.4, 0.5) is 0 Å². The van der Waals surface area contributed by atoms with E-state index in [1.807, 2.05) is 37.3 Å². The van der Waals surface area contributed by atoms with E-state index in [4.69, 9.17) is 4.74 Å². The van der Waals surface area contributed by atoms with Gasteiger partial charge in [0.1, 0.15) is 0 Å². The van der Waals surface area contributed by atoms with Crippen molar-refractivity contribution in [2.45, 2.75) is 26.3 Å². The van der Waals surface area contributed by atoms with Crippen LogP contribution in [0.15, 0.2) is 30.3 Å². The molecule has 2 atom stereocenters. The number of ether oxygens (including phenoxy) is 1. The molecular weight excluding hydrogens is 270 g/mol. The molecule has 0 aliphatic carbocycles. The lowest BCUT2D eigenvalue weighted by molar-refractivity contribution is -0.162. The van der Waals surface area contributed by atoms with Crippen LogP contribution < -0.4 is 0 Å². The van der Waals surface area contributed by atoms with E-state index in [-0.39, 0.29) is 24.9 Å². The van der Waals surface area contributed by atoms with E-state index in [0.29, 0.717) is 6.54 Å². The first-order valence-corrected chi connectivity index (χ1v) is 7.11. The molecular formula is C16H19NO4. The third kappa shape index (κ3) is 3.12. The second-order valence-electron chi connectivity index (χ2n) is 5.02. The van der Waals surface area contributed by atoms with E-state index in [1.54, 1.807) is 11.8 Å². The van der Waals surface area contributed by atoms with E-state index in [0.717, 1.165) is 5.56 Å². The molecule has 0 saturated carbocycles. The van der Waals surface area contributed by atoms with Gasteiger partial charge in [0.2, 0.25) is 5.91 Å². The maximum atomic E-state index is 12.5. The summed E-state index contributed by atoms with van der Waals surface area (Å²) in [7, 11) is 0. The van der Waals surface area contributed by atoms with Gasteiger partial charge in [-0.3, -0.25) is 14.4 Å². The molecule has 0 aromatic heterocycles. The Hall–Kier alpha value is -2.17. The molecule has 1 aromatic rings. The van der Waals surface area contributed by atoms with Crippen molar-refractivity contribution < 1.29 is 19.1 Å². The predicted molar refractivity (Wildman–Crippen MR) is 76.3 cm³/mol. The number of Topliss-reactive ketones (excluding diaryl/α,β-unsaturated/α-hetero) is 1. The Kier molecular flexibility index (Phi) is 4.73. The maximum absolute atomic E-state index is 12.5. The van der Waals surface area contributed by atoms with Gasteiger partial charge in [-0.15, -0.1) is 0 Å². The summed E-state index contributed by atoms with van der Waals surface area (Å²) in [6, 6.07) is 9.37. The van der Waals surface area contributed by atoms with Crippen molar-refractivity contribution in [1.29, 1.82) is 0 Å². The van der Waals surface area contributed by atoms with Gasteiger partial charge in [-0.2, -0.15) is 0 Å². The minimum atomic E-state index is -1.30. The Morgan fingerprint density at radius 2 is 2.00 bits per heavy atom. The highest BCUT2D eigenvalue weighted by atomic mass is 16.5. The van der Waals surface area contributed by atoms with Crippen LogP contribution >= 0.6 is 0 Å². The third-order valence-electron chi connectivity index (χ3n) is 3.72. The van der Waals surface area contributed by atoms with Crippen LogP contribution in [0.5, 0.6) is 0 Å². The normalized spacial score (nSPS) is 20.3. The average molecular weight is 289 g/mol. The smallest absolute Gasteiger partial charge is 0.326 e. The molecule has 1 aromatic carbocycles. The van der Waals surface area contributed by atoms with Gasteiger partial charge in [-0.05, 0) is 19.4 Å². The van der Waals surface area contributed by atoms with Gasteiger partial charge >= 0.3 is 5.97 Å². The van der Waals surface area contributed by atoms with Crippen LogP contribution in [0.25, 0.3) is 0 Å². The number of piperidine rings is 1. The highest BCUT2D eigenvalue weighted by Gasteiger charge is 2.43. The number of amides is 1. The fraction of sp³-hybridized carbons (Fsp3) is 0.438.